The summed E-state index contributed by atoms with van der Waals surface area (Å²) in [6, 6.07) is 12.9. The Kier molecular flexibility index (Phi) is 5.41. The first kappa shape index (κ1) is 18.2. The normalized spacial score (nSPS) is 11.7. The molecule has 1 aromatic carbocycles. The van der Waals surface area contributed by atoms with Crippen LogP contribution in [0.25, 0.3) is 11.0 Å². The predicted molar refractivity (Wildman–Crippen MR) is 99.3 cm³/mol. The maximum Gasteiger partial charge on any atom is 0.134 e. The van der Waals surface area contributed by atoms with Crippen molar-refractivity contribution < 1.29 is 19.4 Å². The Hall–Kier alpha value is -2.61. The first-order chi connectivity index (χ1) is 12.6. The fraction of sp³-hybridized carbons (Fsp3) is 0.316. The number of rotatable bonds is 8. The van der Waals surface area contributed by atoms with Gasteiger partial charge in [-0.2, -0.15) is 0 Å². The topological polar surface area (TPSA) is 105 Å². The number of hydrogen-bond acceptors (Lipinski definition) is 7. The van der Waals surface area contributed by atoms with Crippen LogP contribution in [-0.4, -0.2) is 48.6 Å². The molecule has 26 heavy (non-hydrogen) atoms. The fourth-order valence-corrected chi connectivity index (χ4v) is 2.56. The second-order valence-electron chi connectivity index (χ2n) is 6.24. The van der Waals surface area contributed by atoms with Gasteiger partial charge in [-0.25, -0.2) is 4.98 Å². The molecule has 0 unspecified atom stereocenters. The van der Waals surface area contributed by atoms with Gasteiger partial charge in [0.05, 0.1) is 19.8 Å². The van der Waals surface area contributed by atoms with Gasteiger partial charge in [0, 0.05) is 18.6 Å². The monoisotopic (exact) mass is 357 g/mol. The summed E-state index contributed by atoms with van der Waals surface area (Å²) in [6.45, 7) is 0.364. The third kappa shape index (κ3) is 3.80. The molecule has 0 aliphatic rings. The van der Waals surface area contributed by atoms with Crippen LogP contribution in [0.15, 0.2) is 53.1 Å². The number of aliphatic hydroxyl groups is 2. The summed E-state index contributed by atoms with van der Waals surface area (Å²) in [7, 11) is 1.96. The molecule has 0 aliphatic carbocycles. The molecule has 4 N–H and O–H groups in total. The van der Waals surface area contributed by atoms with Crippen molar-refractivity contribution in [2.45, 2.75) is 5.54 Å². The minimum Gasteiger partial charge on any atom is -0.492 e. The van der Waals surface area contributed by atoms with Crippen LogP contribution in [0.1, 0.15) is 5.76 Å². The van der Waals surface area contributed by atoms with Gasteiger partial charge < -0.3 is 30.0 Å². The highest BCUT2D eigenvalue weighted by Crippen LogP contribution is 2.29. The molecular weight excluding hydrogens is 334 g/mol. The molecule has 2 heterocycles. The SMILES string of the molecule is CN(CCOc1ccc2oc(C(N)(CO)CO)cc2c1)c1ccccn1. The van der Waals surface area contributed by atoms with Gasteiger partial charge in [-0.15, -0.1) is 0 Å². The van der Waals surface area contributed by atoms with Crippen molar-refractivity contribution >= 4 is 16.8 Å². The summed E-state index contributed by atoms with van der Waals surface area (Å²) < 4.78 is 11.5. The number of nitrogens with two attached hydrogens (primary N) is 1. The molecule has 0 bridgehead atoms. The number of nitrogens with zero attached hydrogens (tertiary/aromatic N) is 2. The van der Waals surface area contributed by atoms with E-state index >= 15 is 0 Å². The number of anilines is 1. The fourth-order valence-electron chi connectivity index (χ4n) is 2.56. The van der Waals surface area contributed by atoms with E-state index in [1.165, 1.54) is 0 Å². The van der Waals surface area contributed by atoms with E-state index in [2.05, 4.69) is 4.98 Å². The number of ether oxygens (including phenoxy) is 1. The minimum absolute atomic E-state index is 0.338. The molecule has 0 fully saturated rings. The molecule has 0 spiro atoms. The molecule has 138 valence electrons. The van der Waals surface area contributed by atoms with Gasteiger partial charge in [0.1, 0.15) is 35.1 Å². The Morgan fingerprint density at radius 3 is 2.69 bits per heavy atom. The number of pyridine rings is 1. The van der Waals surface area contributed by atoms with Gasteiger partial charge in [-0.05, 0) is 36.4 Å². The Balaban J connectivity index is 1.66. The van der Waals surface area contributed by atoms with Gasteiger partial charge in [-0.3, -0.25) is 0 Å². The number of likely N-dealkylation sites (N-methyl/N-ethyl adjacent to an activating group) is 1. The van der Waals surface area contributed by atoms with Gasteiger partial charge >= 0.3 is 0 Å². The van der Waals surface area contributed by atoms with Gasteiger partial charge in [-0.1, -0.05) is 6.07 Å². The van der Waals surface area contributed by atoms with Crippen LogP contribution in [0.5, 0.6) is 5.75 Å². The van der Waals surface area contributed by atoms with Crippen molar-refractivity contribution in [3.63, 3.8) is 0 Å². The lowest BCUT2D eigenvalue weighted by Crippen LogP contribution is -2.43. The van der Waals surface area contributed by atoms with E-state index < -0.39 is 18.8 Å². The van der Waals surface area contributed by atoms with Crippen LogP contribution in [0.4, 0.5) is 5.82 Å². The number of hydrogen-bond donors (Lipinski definition) is 3. The molecule has 0 radical (unpaired) electrons. The summed E-state index contributed by atoms with van der Waals surface area (Å²) in [5.74, 6) is 1.93. The smallest absolute Gasteiger partial charge is 0.134 e. The van der Waals surface area contributed by atoms with Crippen molar-refractivity contribution in [1.82, 2.24) is 4.98 Å². The Labute approximate surface area is 151 Å². The Morgan fingerprint density at radius 2 is 2.00 bits per heavy atom. The van der Waals surface area contributed by atoms with Crippen LogP contribution in [0.2, 0.25) is 0 Å². The van der Waals surface area contributed by atoms with Crippen LogP contribution in [0.3, 0.4) is 0 Å². The van der Waals surface area contributed by atoms with Gasteiger partial charge in [0.15, 0.2) is 0 Å². The second-order valence-corrected chi connectivity index (χ2v) is 6.24. The largest absolute Gasteiger partial charge is 0.492 e. The summed E-state index contributed by atoms with van der Waals surface area (Å²) >= 11 is 0. The second kappa shape index (κ2) is 7.74. The van der Waals surface area contributed by atoms with E-state index in [1.807, 2.05) is 42.3 Å². The Bertz CT molecular complexity index is 846. The molecule has 7 nitrogen and oxygen atoms in total. The van der Waals surface area contributed by atoms with Gasteiger partial charge in [0.25, 0.3) is 0 Å². The molecule has 3 aromatic rings. The van der Waals surface area contributed by atoms with Crippen LogP contribution in [0, 0.1) is 0 Å². The van der Waals surface area contributed by atoms with Crippen molar-refractivity contribution in [3.8, 4) is 5.75 Å². The molecule has 0 amide bonds. The maximum atomic E-state index is 9.40. The molecule has 7 heteroatoms. The highest BCUT2D eigenvalue weighted by molar-refractivity contribution is 5.79. The summed E-state index contributed by atoms with van der Waals surface area (Å²) in [4.78, 5) is 6.31. The number of furan rings is 1. The van der Waals surface area contributed by atoms with Crippen LogP contribution < -0.4 is 15.4 Å². The van der Waals surface area contributed by atoms with Crippen LogP contribution in [-0.2, 0) is 5.54 Å². The lowest BCUT2D eigenvalue weighted by atomic mass is 10.00. The number of fused-ring (bicyclic) bond motifs is 1. The van der Waals surface area contributed by atoms with Crippen LogP contribution >= 0.6 is 0 Å². The molecule has 0 atom stereocenters. The number of aliphatic hydroxyl groups excluding tert-OH is 2. The van der Waals surface area contributed by atoms with Crippen molar-refractivity contribution in [2.75, 3.05) is 38.3 Å². The zero-order chi connectivity index (χ0) is 18.6. The Morgan fingerprint density at radius 1 is 1.19 bits per heavy atom. The molecule has 0 saturated heterocycles. The number of aromatic nitrogens is 1. The third-order valence-corrected chi connectivity index (χ3v) is 4.28. The summed E-state index contributed by atoms with van der Waals surface area (Å²) in [5.41, 5.74) is 5.27. The molecular formula is C19H23N3O4. The minimum atomic E-state index is -1.30. The van der Waals surface area contributed by atoms with Crippen molar-refractivity contribution in [1.29, 1.82) is 0 Å². The lowest BCUT2D eigenvalue weighted by molar-refractivity contribution is 0.105. The third-order valence-electron chi connectivity index (χ3n) is 4.28. The van der Waals surface area contributed by atoms with Crippen molar-refractivity contribution in [2.24, 2.45) is 5.73 Å². The van der Waals surface area contributed by atoms with E-state index in [-0.39, 0.29) is 0 Å². The van der Waals surface area contributed by atoms with E-state index in [1.54, 1.807) is 18.3 Å². The van der Waals surface area contributed by atoms with Gasteiger partial charge in [0.2, 0.25) is 0 Å². The molecule has 0 saturated carbocycles. The molecule has 0 aliphatic heterocycles. The zero-order valence-corrected chi connectivity index (χ0v) is 14.6. The quantitative estimate of drug-likeness (QED) is 0.561. The highest BCUT2D eigenvalue weighted by atomic mass is 16.5. The van der Waals surface area contributed by atoms with E-state index in [4.69, 9.17) is 14.9 Å². The molecule has 2 aromatic heterocycles. The maximum absolute atomic E-state index is 9.40. The first-order valence-corrected chi connectivity index (χ1v) is 8.35. The average molecular weight is 357 g/mol. The first-order valence-electron chi connectivity index (χ1n) is 8.35. The van der Waals surface area contributed by atoms with E-state index in [9.17, 15) is 10.2 Å². The molecule has 3 rings (SSSR count). The van der Waals surface area contributed by atoms with E-state index in [0.717, 1.165) is 11.2 Å². The standard InChI is InChI=1S/C19H23N3O4/c1-22(18-4-2-3-7-21-18)8-9-25-15-5-6-16-14(10-15)11-17(26-16)19(20,12-23)13-24/h2-7,10-11,23-24H,8-9,12-13,20H2,1H3. The van der Waals surface area contributed by atoms with Crippen molar-refractivity contribution in [3.05, 3.63) is 54.4 Å². The number of benzene rings is 1. The summed E-state index contributed by atoms with van der Waals surface area (Å²) in [5, 5.41) is 19.6. The highest BCUT2D eigenvalue weighted by Gasteiger charge is 2.30. The van der Waals surface area contributed by atoms with E-state index in [0.29, 0.717) is 30.2 Å². The average Bonchev–Trinajstić information content (AvgIpc) is 3.12. The predicted octanol–water partition coefficient (Wildman–Crippen LogP) is 1.48. The zero-order valence-electron chi connectivity index (χ0n) is 14.6. The summed E-state index contributed by atoms with van der Waals surface area (Å²) in [6.07, 6.45) is 1.76. The lowest BCUT2D eigenvalue weighted by Gasteiger charge is -2.21.